The van der Waals surface area contributed by atoms with E-state index in [1.54, 1.807) is 7.11 Å². The van der Waals surface area contributed by atoms with E-state index >= 15 is 0 Å². The molecule has 0 aliphatic carbocycles. The summed E-state index contributed by atoms with van der Waals surface area (Å²) in [7, 11) is 1.68. The Kier molecular flexibility index (Phi) is 6.72. The van der Waals surface area contributed by atoms with Crippen molar-refractivity contribution in [3.05, 3.63) is 28.8 Å². The maximum Gasteiger partial charge on any atom is 0.225 e. The SMILES string of the molecule is CCC[C@@H](C)C(=O)N1CCN(Cc2cc(Cl)ccc2OC)CC1. The molecule has 0 unspecified atom stereocenters. The largest absolute Gasteiger partial charge is 0.496 e. The minimum atomic E-state index is 0.138. The number of carbonyl (C=O) groups excluding carboxylic acids is 1. The first-order valence-electron chi connectivity index (χ1n) is 8.38. The monoisotopic (exact) mass is 338 g/mol. The van der Waals surface area contributed by atoms with Crippen LogP contribution < -0.4 is 4.74 Å². The van der Waals surface area contributed by atoms with Gasteiger partial charge in [-0.3, -0.25) is 9.69 Å². The molecule has 0 aromatic heterocycles. The van der Waals surface area contributed by atoms with Crippen LogP contribution in [-0.2, 0) is 11.3 Å². The molecule has 0 saturated carbocycles. The van der Waals surface area contributed by atoms with E-state index in [1.807, 2.05) is 30.0 Å². The molecule has 1 aromatic carbocycles. The van der Waals surface area contributed by atoms with Gasteiger partial charge in [0.2, 0.25) is 5.91 Å². The molecule has 0 radical (unpaired) electrons. The Hall–Kier alpha value is -1.26. The minimum Gasteiger partial charge on any atom is -0.496 e. The first-order chi connectivity index (χ1) is 11.0. The number of rotatable bonds is 6. The summed E-state index contributed by atoms with van der Waals surface area (Å²) in [5.41, 5.74) is 1.10. The van der Waals surface area contributed by atoms with Crippen LogP contribution in [0.2, 0.25) is 5.02 Å². The van der Waals surface area contributed by atoms with Crippen molar-refractivity contribution in [2.45, 2.75) is 33.2 Å². The van der Waals surface area contributed by atoms with Crippen molar-refractivity contribution in [3.63, 3.8) is 0 Å². The number of halogens is 1. The number of ether oxygens (including phenoxy) is 1. The molecule has 1 amide bonds. The van der Waals surface area contributed by atoms with E-state index in [2.05, 4.69) is 11.8 Å². The van der Waals surface area contributed by atoms with E-state index < -0.39 is 0 Å². The van der Waals surface area contributed by atoms with E-state index in [4.69, 9.17) is 16.3 Å². The molecule has 4 nitrogen and oxygen atoms in total. The lowest BCUT2D eigenvalue weighted by atomic mass is 10.0. The first kappa shape index (κ1) is 18.1. The number of carbonyl (C=O) groups is 1. The lowest BCUT2D eigenvalue weighted by Gasteiger charge is -2.36. The van der Waals surface area contributed by atoms with Crippen molar-refractivity contribution < 1.29 is 9.53 Å². The minimum absolute atomic E-state index is 0.138. The molecule has 0 spiro atoms. The van der Waals surface area contributed by atoms with Crippen LogP contribution in [0.25, 0.3) is 0 Å². The predicted octanol–water partition coefficient (Wildman–Crippen LogP) is 3.43. The van der Waals surface area contributed by atoms with Crippen LogP contribution in [0.4, 0.5) is 0 Å². The molecule has 2 rings (SSSR count). The standard InChI is InChI=1S/C18H27ClN2O2/c1-4-5-14(2)18(22)21-10-8-20(9-11-21)13-15-12-16(19)6-7-17(15)23-3/h6-7,12,14H,4-5,8-11,13H2,1-3H3/t14-/m1/s1. The smallest absolute Gasteiger partial charge is 0.225 e. The molecule has 0 bridgehead atoms. The summed E-state index contributed by atoms with van der Waals surface area (Å²) < 4.78 is 5.41. The van der Waals surface area contributed by atoms with Gasteiger partial charge < -0.3 is 9.64 Å². The molecule has 128 valence electrons. The van der Waals surface area contributed by atoms with Crippen molar-refractivity contribution in [1.82, 2.24) is 9.80 Å². The highest BCUT2D eigenvalue weighted by Crippen LogP contribution is 2.24. The third kappa shape index (κ3) is 4.85. The molecule has 5 heteroatoms. The van der Waals surface area contributed by atoms with Gasteiger partial charge in [-0.25, -0.2) is 0 Å². The van der Waals surface area contributed by atoms with Crippen molar-refractivity contribution in [1.29, 1.82) is 0 Å². The summed E-state index contributed by atoms with van der Waals surface area (Å²) in [6.07, 6.45) is 2.03. The third-order valence-corrected chi connectivity index (χ3v) is 4.70. The zero-order valence-electron chi connectivity index (χ0n) is 14.3. The Bertz CT molecular complexity index is 528. The quantitative estimate of drug-likeness (QED) is 0.796. The molecular weight excluding hydrogens is 312 g/mol. The summed E-state index contributed by atoms with van der Waals surface area (Å²) in [6.45, 7) is 8.34. The Labute approximate surface area is 144 Å². The second-order valence-corrected chi connectivity index (χ2v) is 6.68. The topological polar surface area (TPSA) is 32.8 Å². The Morgan fingerprint density at radius 3 is 2.61 bits per heavy atom. The highest BCUT2D eigenvalue weighted by molar-refractivity contribution is 6.30. The van der Waals surface area contributed by atoms with Crippen molar-refractivity contribution in [2.75, 3.05) is 33.3 Å². The van der Waals surface area contributed by atoms with Gasteiger partial charge in [0, 0.05) is 49.2 Å². The number of amides is 1. The van der Waals surface area contributed by atoms with Crippen LogP contribution in [0.3, 0.4) is 0 Å². The molecule has 1 atom stereocenters. The van der Waals surface area contributed by atoms with Crippen LogP contribution in [0.5, 0.6) is 5.75 Å². The van der Waals surface area contributed by atoms with Gasteiger partial charge in [-0.2, -0.15) is 0 Å². The summed E-state index contributed by atoms with van der Waals surface area (Å²) in [5, 5.41) is 0.725. The van der Waals surface area contributed by atoms with Gasteiger partial charge >= 0.3 is 0 Å². The van der Waals surface area contributed by atoms with Gasteiger partial charge in [-0.05, 0) is 24.6 Å². The lowest BCUT2D eigenvalue weighted by Crippen LogP contribution is -2.49. The van der Waals surface area contributed by atoms with Crippen molar-refractivity contribution in [2.24, 2.45) is 5.92 Å². The van der Waals surface area contributed by atoms with E-state index in [1.165, 1.54) is 0 Å². The van der Waals surface area contributed by atoms with E-state index in [0.29, 0.717) is 5.91 Å². The fourth-order valence-corrected chi connectivity index (χ4v) is 3.30. The van der Waals surface area contributed by atoms with Gasteiger partial charge in [0.15, 0.2) is 0 Å². The molecule has 1 aliphatic rings. The molecule has 1 fully saturated rings. The third-order valence-electron chi connectivity index (χ3n) is 4.46. The second kappa shape index (κ2) is 8.55. The normalized spacial score (nSPS) is 17.1. The number of methoxy groups -OCH3 is 1. The Morgan fingerprint density at radius 2 is 2.00 bits per heavy atom. The molecular formula is C18H27ClN2O2. The van der Waals surface area contributed by atoms with Crippen LogP contribution >= 0.6 is 11.6 Å². The Morgan fingerprint density at radius 1 is 1.30 bits per heavy atom. The van der Waals surface area contributed by atoms with Crippen LogP contribution in [-0.4, -0.2) is 49.0 Å². The summed E-state index contributed by atoms with van der Waals surface area (Å²) in [6, 6.07) is 5.71. The highest BCUT2D eigenvalue weighted by atomic mass is 35.5. The second-order valence-electron chi connectivity index (χ2n) is 6.25. The van der Waals surface area contributed by atoms with Crippen molar-refractivity contribution in [3.8, 4) is 5.75 Å². The zero-order valence-corrected chi connectivity index (χ0v) is 15.1. The first-order valence-corrected chi connectivity index (χ1v) is 8.76. The average molecular weight is 339 g/mol. The van der Waals surface area contributed by atoms with Crippen LogP contribution in [0.15, 0.2) is 18.2 Å². The van der Waals surface area contributed by atoms with Gasteiger partial charge in [0.25, 0.3) is 0 Å². The summed E-state index contributed by atoms with van der Waals surface area (Å²) >= 11 is 6.09. The molecule has 0 N–H and O–H groups in total. The molecule has 1 aliphatic heterocycles. The summed E-state index contributed by atoms with van der Waals surface area (Å²) in [5.74, 6) is 1.30. The average Bonchev–Trinajstić information content (AvgIpc) is 2.55. The number of hydrogen-bond donors (Lipinski definition) is 0. The Balaban J connectivity index is 1.90. The van der Waals surface area contributed by atoms with E-state index in [0.717, 1.165) is 61.9 Å². The van der Waals surface area contributed by atoms with Crippen molar-refractivity contribution >= 4 is 17.5 Å². The zero-order chi connectivity index (χ0) is 16.8. The summed E-state index contributed by atoms with van der Waals surface area (Å²) in [4.78, 5) is 16.7. The predicted molar refractivity (Wildman–Crippen MR) is 93.9 cm³/mol. The van der Waals surface area contributed by atoms with Gasteiger partial charge in [0.1, 0.15) is 5.75 Å². The maximum atomic E-state index is 12.4. The van der Waals surface area contributed by atoms with Crippen LogP contribution in [0.1, 0.15) is 32.3 Å². The highest BCUT2D eigenvalue weighted by Gasteiger charge is 2.24. The van der Waals surface area contributed by atoms with Gasteiger partial charge in [0.05, 0.1) is 7.11 Å². The number of hydrogen-bond acceptors (Lipinski definition) is 3. The number of piperazine rings is 1. The van der Waals surface area contributed by atoms with E-state index in [9.17, 15) is 4.79 Å². The molecule has 1 aromatic rings. The van der Waals surface area contributed by atoms with Gasteiger partial charge in [-0.15, -0.1) is 0 Å². The van der Waals surface area contributed by atoms with E-state index in [-0.39, 0.29) is 5.92 Å². The van der Waals surface area contributed by atoms with Gasteiger partial charge in [-0.1, -0.05) is 31.9 Å². The molecule has 1 saturated heterocycles. The fourth-order valence-electron chi connectivity index (χ4n) is 3.11. The molecule has 23 heavy (non-hydrogen) atoms. The number of benzene rings is 1. The maximum absolute atomic E-state index is 12.4. The fraction of sp³-hybridized carbons (Fsp3) is 0.611. The van der Waals surface area contributed by atoms with Crippen LogP contribution in [0, 0.1) is 5.92 Å². The molecule has 1 heterocycles. The number of nitrogens with zero attached hydrogens (tertiary/aromatic N) is 2. The lowest BCUT2D eigenvalue weighted by molar-refractivity contribution is -0.137.